The molecule has 4 nitrogen and oxygen atoms in total. The van der Waals surface area contributed by atoms with Crippen LogP contribution in [0.15, 0.2) is 66.5 Å². The molecule has 0 saturated carbocycles. The van der Waals surface area contributed by atoms with E-state index in [1.54, 1.807) is 6.08 Å². The van der Waals surface area contributed by atoms with Crippen LogP contribution in [0.25, 0.3) is 5.57 Å². The van der Waals surface area contributed by atoms with Gasteiger partial charge in [0.05, 0.1) is 5.25 Å². The molecule has 0 radical (unpaired) electrons. The molecule has 1 heterocycles. The summed E-state index contributed by atoms with van der Waals surface area (Å²) in [7, 11) is 0. The lowest BCUT2D eigenvalue weighted by Crippen LogP contribution is -2.27. The van der Waals surface area contributed by atoms with Crippen molar-refractivity contribution in [2.24, 2.45) is 0 Å². The Bertz CT molecular complexity index is 1020. The third-order valence-electron chi connectivity index (χ3n) is 5.00. The van der Waals surface area contributed by atoms with Crippen LogP contribution < -0.4 is 10.1 Å². The lowest BCUT2D eigenvalue weighted by atomic mass is 9.91. The molecule has 2 atom stereocenters. The average Bonchev–Trinajstić information content (AvgIpc) is 3.13. The van der Waals surface area contributed by atoms with E-state index in [4.69, 9.17) is 4.74 Å². The maximum absolute atomic E-state index is 13.9. The number of hydrogen-bond acceptors (Lipinski definition) is 4. The van der Waals surface area contributed by atoms with Gasteiger partial charge in [-0.25, -0.2) is 4.39 Å². The van der Waals surface area contributed by atoms with E-state index < -0.39 is 5.25 Å². The third kappa shape index (κ3) is 5.64. The van der Waals surface area contributed by atoms with Crippen LogP contribution in [0, 0.1) is 0 Å². The zero-order chi connectivity index (χ0) is 22.4. The predicted molar refractivity (Wildman–Crippen MR) is 124 cm³/mol. The van der Waals surface area contributed by atoms with Crippen LogP contribution in [0.4, 0.5) is 9.18 Å². The van der Waals surface area contributed by atoms with Gasteiger partial charge in [-0.15, -0.1) is 0 Å². The summed E-state index contributed by atoms with van der Waals surface area (Å²) < 4.78 is 19.9. The monoisotopic (exact) mass is 439 g/mol. The van der Waals surface area contributed by atoms with Gasteiger partial charge < -0.3 is 4.74 Å². The quantitative estimate of drug-likeness (QED) is 0.545. The van der Waals surface area contributed by atoms with E-state index in [0.29, 0.717) is 24.3 Å². The Morgan fingerprint density at radius 3 is 2.48 bits per heavy atom. The highest BCUT2D eigenvalue weighted by Gasteiger charge is 2.36. The average molecular weight is 440 g/mol. The first-order valence-electron chi connectivity index (χ1n) is 10.5. The number of halogens is 1. The summed E-state index contributed by atoms with van der Waals surface area (Å²) in [6, 6.07) is 15.1. The number of carbonyl (C=O) groups is 2. The highest BCUT2D eigenvalue weighted by Crippen LogP contribution is 2.37. The number of benzene rings is 2. The van der Waals surface area contributed by atoms with Gasteiger partial charge in [-0.2, -0.15) is 0 Å². The standard InChI is InChI=1S/C23H20FNO3S.C2H6/c1-14(21-22(26)25-23(27)29-21)16-10-17(15-6-5-7-18(24)11-15)13-20(12-16)28-19-8-3-2-4-9-19;1-2/h2-4,6,8-14,21H,5,7H2,1H3,(H,25,26,27);1-2H3. The molecule has 2 aliphatic rings. The van der Waals surface area contributed by atoms with Gasteiger partial charge in [0.1, 0.15) is 17.3 Å². The number of amides is 2. The van der Waals surface area contributed by atoms with Crippen LogP contribution in [0.2, 0.25) is 0 Å². The molecule has 1 saturated heterocycles. The predicted octanol–water partition coefficient (Wildman–Crippen LogP) is 6.99. The van der Waals surface area contributed by atoms with Crippen LogP contribution in [-0.4, -0.2) is 16.4 Å². The molecule has 6 heteroatoms. The number of thioether (sulfide) groups is 1. The minimum absolute atomic E-state index is 0.150. The van der Waals surface area contributed by atoms with Crippen LogP contribution >= 0.6 is 11.8 Å². The van der Waals surface area contributed by atoms with Crippen molar-refractivity contribution in [2.45, 2.75) is 44.8 Å². The van der Waals surface area contributed by atoms with Crippen molar-refractivity contribution in [1.82, 2.24) is 5.32 Å². The molecule has 2 aromatic rings. The Balaban J connectivity index is 0.00000132. The molecule has 31 heavy (non-hydrogen) atoms. The first-order valence-corrected chi connectivity index (χ1v) is 11.3. The zero-order valence-electron chi connectivity index (χ0n) is 17.9. The van der Waals surface area contributed by atoms with Crippen molar-refractivity contribution < 1.29 is 18.7 Å². The fraction of sp³-hybridized carbons (Fsp3) is 0.280. The van der Waals surface area contributed by atoms with Crippen molar-refractivity contribution in [3.63, 3.8) is 0 Å². The van der Waals surface area contributed by atoms with Crippen molar-refractivity contribution in [2.75, 3.05) is 0 Å². The van der Waals surface area contributed by atoms with Crippen molar-refractivity contribution in [3.8, 4) is 11.5 Å². The van der Waals surface area contributed by atoms with Gasteiger partial charge in [0.2, 0.25) is 5.91 Å². The number of carbonyl (C=O) groups excluding carboxylic acids is 2. The number of imide groups is 1. The number of para-hydroxylation sites is 1. The fourth-order valence-electron chi connectivity index (χ4n) is 3.48. The Labute approximate surface area is 186 Å². The van der Waals surface area contributed by atoms with E-state index in [2.05, 4.69) is 5.32 Å². The molecule has 1 N–H and O–H groups in total. The largest absolute Gasteiger partial charge is 0.457 e. The van der Waals surface area contributed by atoms with Crippen molar-refractivity contribution in [1.29, 1.82) is 0 Å². The molecule has 0 aromatic heterocycles. The number of nitrogens with one attached hydrogen (secondary N) is 1. The topological polar surface area (TPSA) is 55.4 Å². The molecular weight excluding hydrogens is 413 g/mol. The van der Waals surface area contributed by atoms with E-state index in [9.17, 15) is 14.0 Å². The van der Waals surface area contributed by atoms with Gasteiger partial charge in [-0.05, 0) is 53.5 Å². The van der Waals surface area contributed by atoms with Gasteiger partial charge >= 0.3 is 0 Å². The van der Waals surface area contributed by atoms with E-state index in [0.717, 1.165) is 28.5 Å². The van der Waals surface area contributed by atoms with Crippen LogP contribution in [0.1, 0.15) is 50.7 Å². The number of allylic oxidation sites excluding steroid dienone is 4. The number of rotatable bonds is 5. The summed E-state index contributed by atoms with van der Waals surface area (Å²) in [4.78, 5) is 23.8. The highest BCUT2D eigenvalue weighted by atomic mass is 32.2. The van der Waals surface area contributed by atoms with Gasteiger partial charge in [0.15, 0.2) is 0 Å². The number of hydrogen-bond donors (Lipinski definition) is 1. The van der Waals surface area contributed by atoms with Gasteiger partial charge in [-0.1, -0.05) is 62.9 Å². The molecular formula is C25H26FNO3S. The first kappa shape index (κ1) is 22.8. The van der Waals surface area contributed by atoms with Gasteiger partial charge in [0, 0.05) is 12.3 Å². The van der Waals surface area contributed by atoms with Crippen molar-refractivity contribution in [3.05, 3.63) is 77.6 Å². The Kier molecular flexibility index (Phi) is 7.69. The smallest absolute Gasteiger partial charge is 0.286 e. The van der Waals surface area contributed by atoms with Gasteiger partial charge in [0.25, 0.3) is 5.24 Å². The molecule has 2 amide bonds. The van der Waals surface area contributed by atoms with Crippen LogP contribution in [0.3, 0.4) is 0 Å². The minimum atomic E-state index is -0.505. The normalized spacial score (nSPS) is 18.9. The van der Waals surface area contributed by atoms with Gasteiger partial charge in [-0.3, -0.25) is 14.9 Å². The third-order valence-corrected chi connectivity index (χ3v) is 6.19. The summed E-state index contributed by atoms with van der Waals surface area (Å²) in [5.74, 6) is 0.632. The second-order valence-electron chi connectivity index (χ2n) is 7.10. The Hall–Kier alpha value is -2.86. The molecule has 0 bridgehead atoms. The second kappa shape index (κ2) is 10.4. The van der Waals surface area contributed by atoms with E-state index in [1.807, 2.05) is 75.4 Å². The second-order valence-corrected chi connectivity index (χ2v) is 8.21. The molecule has 0 spiro atoms. The fourth-order valence-corrected chi connectivity index (χ4v) is 4.39. The highest BCUT2D eigenvalue weighted by molar-refractivity contribution is 8.15. The molecule has 1 fully saturated rings. The Morgan fingerprint density at radius 2 is 1.84 bits per heavy atom. The van der Waals surface area contributed by atoms with E-state index in [1.165, 1.54) is 0 Å². The lowest BCUT2D eigenvalue weighted by Gasteiger charge is -2.19. The summed E-state index contributed by atoms with van der Waals surface area (Å²) in [6.45, 7) is 5.91. The van der Waals surface area contributed by atoms with E-state index in [-0.39, 0.29) is 22.9 Å². The zero-order valence-corrected chi connectivity index (χ0v) is 18.7. The molecule has 1 aliphatic heterocycles. The Morgan fingerprint density at radius 1 is 1.10 bits per heavy atom. The molecule has 2 aromatic carbocycles. The first-order chi connectivity index (χ1) is 15.0. The molecule has 2 unspecified atom stereocenters. The summed E-state index contributed by atoms with van der Waals surface area (Å²) >= 11 is 1.00. The lowest BCUT2D eigenvalue weighted by molar-refractivity contribution is -0.119. The van der Waals surface area contributed by atoms with Crippen LogP contribution in [-0.2, 0) is 4.79 Å². The van der Waals surface area contributed by atoms with Crippen LogP contribution in [0.5, 0.6) is 11.5 Å². The molecule has 162 valence electrons. The summed E-state index contributed by atoms with van der Waals surface area (Å²) in [6.07, 6.45) is 4.59. The summed E-state index contributed by atoms with van der Waals surface area (Å²) in [5, 5.41) is 1.50. The van der Waals surface area contributed by atoms with E-state index >= 15 is 0 Å². The maximum atomic E-state index is 13.9. The summed E-state index contributed by atoms with van der Waals surface area (Å²) in [5.41, 5.74) is 2.47. The number of ether oxygens (including phenoxy) is 1. The minimum Gasteiger partial charge on any atom is -0.457 e. The SMILES string of the molecule is CC.CC(c1cc(Oc2ccccc2)cc(C2=CCCC(F)=C2)c1)C1SC(=O)NC1=O. The molecule has 1 aliphatic carbocycles. The maximum Gasteiger partial charge on any atom is 0.286 e. The molecule has 4 rings (SSSR count). The van der Waals surface area contributed by atoms with Crippen molar-refractivity contribution >= 4 is 28.5 Å².